The van der Waals surface area contributed by atoms with Gasteiger partial charge in [-0.25, -0.2) is 0 Å². The maximum absolute atomic E-state index is 12.8. The lowest BCUT2D eigenvalue weighted by atomic mass is 9.95. The number of carbonyl (C=O) groups is 1. The van der Waals surface area contributed by atoms with Crippen molar-refractivity contribution in [3.63, 3.8) is 0 Å². The van der Waals surface area contributed by atoms with Crippen molar-refractivity contribution in [1.29, 1.82) is 0 Å². The van der Waals surface area contributed by atoms with Gasteiger partial charge in [0.1, 0.15) is 0 Å². The van der Waals surface area contributed by atoms with Crippen LogP contribution in [0.3, 0.4) is 0 Å². The van der Waals surface area contributed by atoms with Crippen LogP contribution in [0.1, 0.15) is 27.0 Å². The van der Waals surface area contributed by atoms with Crippen molar-refractivity contribution in [1.82, 2.24) is 0 Å². The predicted molar refractivity (Wildman–Crippen MR) is 83.3 cm³/mol. The van der Waals surface area contributed by atoms with Crippen LogP contribution in [0.15, 0.2) is 30.3 Å². The van der Waals surface area contributed by atoms with E-state index in [9.17, 15) is 4.79 Å². The molecule has 0 aliphatic heterocycles. The van der Waals surface area contributed by atoms with E-state index in [2.05, 4.69) is 0 Å². The molecule has 0 bridgehead atoms. The Labute approximate surface area is 124 Å². The standard InChI is InChI=1S/C17H19NO3/c1-10-8-15(20-3)16(21-4)9-13(10)17(19)12-6-5-7-14(18)11(12)2/h5-9H,18H2,1-4H3. The Balaban J connectivity index is 2.56. The first-order valence-electron chi connectivity index (χ1n) is 6.62. The molecule has 0 heterocycles. The van der Waals surface area contributed by atoms with Crippen LogP contribution in [-0.4, -0.2) is 20.0 Å². The van der Waals surface area contributed by atoms with Gasteiger partial charge in [0.15, 0.2) is 17.3 Å². The highest BCUT2D eigenvalue weighted by atomic mass is 16.5. The zero-order chi connectivity index (χ0) is 15.6. The summed E-state index contributed by atoms with van der Waals surface area (Å²) in [5.74, 6) is 1.07. The van der Waals surface area contributed by atoms with Crippen LogP contribution in [0.4, 0.5) is 5.69 Å². The second-order valence-corrected chi connectivity index (χ2v) is 4.87. The van der Waals surface area contributed by atoms with Crippen molar-refractivity contribution in [2.75, 3.05) is 20.0 Å². The number of aryl methyl sites for hydroxylation is 1. The first-order chi connectivity index (χ1) is 9.99. The molecule has 2 aromatic rings. The third-order valence-corrected chi connectivity index (χ3v) is 3.60. The van der Waals surface area contributed by atoms with Crippen molar-refractivity contribution >= 4 is 11.5 Å². The monoisotopic (exact) mass is 285 g/mol. The van der Waals surface area contributed by atoms with Gasteiger partial charge in [0.2, 0.25) is 0 Å². The molecule has 2 aromatic carbocycles. The normalized spacial score (nSPS) is 10.3. The van der Waals surface area contributed by atoms with Gasteiger partial charge in [-0.2, -0.15) is 0 Å². The fourth-order valence-corrected chi connectivity index (χ4v) is 2.27. The van der Waals surface area contributed by atoms with Gasteiger partial charge in [0.05, 0.1) is 14.2 Å². The molecule has 0 unspecified atom stereocenters. The Morgan fingerprint density at radius 3 is 2.24 bits per heavy atom. The fourth-order valence-electron chi connectivity index (χ4n) is 2.27. The lowest BCUT2D eigenvalue weighted by Crippen LogP contribution is -2.08. The summed E-state index contributed by atoms with van der Waals surface area (Å²) in [6.07, 6.45) is 0. The molecule has 0 saturated carbocycles. The topological polar surface area (TPSA) is 61.5 Å². The summed E-state index contributed by atoms with van der Waals surface area (Å²) in [6.45, 7) is 3.72. The van der Waals surface area contributed by atoms with E-state index in [1.54, 1.807) is 44.6 Å². The summed E-state index contributed by atoms with van der Waals surface area (Å²) < 4.78 is 10.5. The van der Waals surface area contributed by atoms with Gasteiger partial charge in [-0.1, -0.05) is 12.1 Å². The summed E-state index contributed by atoms with van der Waals surface area (Å²) in [5, 5.41) is 0. The number of ether oxygens (including phenoxy) is 2. The first-order valence-corrected chi connectivity index (χ1v) is 6.62. The van der Waals surface area contributed by atoms with Gasteiger partial charge < -0.3 is 15.2 Å². The van der Waals surface area contributed by atoms with Gasteiger partial charge in [0.25, 0.3) is 0 Å². The van der Waals surface area contributed by atoms with Gasteiger partial charge in [-0.3, -0.25) is 4.79 Å². The van der Waals surface area contributed by atoms with E-state index in [4.69, 9.17) is 15.2 Å². The summed E-state index contributed by atoms with van der Waals surface area (Å²) in [7, 11) is 3.12. The Hall–Kier alpha value is -2.49. The molecule has 0 spiro atoms. The molecule has 4 heteroatoms. The third kappa shape index (κ3) is 2.70. The van der Waals surface area contributed by atoms with Crippen LogP contribution in [0.5, 0.6) is 11.5 Å². The molecule has 0 amide bonds. The van der Waals surface area contributed by atoms with Crippen molar-refractivity contribution in [3.05, 3.63) is 52.6 Å². The predicted octanol–water partition coefficient (Wildman–Crippen LogP) is 3.13. The fraction of sp³-hybridized carbons (Fsp3) is 0.235. The van der Waals surface area contributed by atoms with Crippen LogP contribution in [0.2, 0.25) is 0 Å². The molecule has 2 N–H and O–H groups in total. The van der Waals surface area contributed by atoms with E-state index < -0.39 is 0 Å². The summed E-state index contributed by atoms with van der Waals surface area (Å²) >= 11 is 0. The van der Waals surface area contributed by atoms with Gasteiger partial charge in [-0.05, 0) is 43.2 Å². The zero-order valence-corrected chi connectivity index (χ0v) is 12.7. The van der Waals surface area contributed by atoms with Gasteiger partial charge in [0, 0.05) is 16.8 Å². The van der Waals surface area contributed by atoms with E-state index in [0.717, 1.165) is 11.1 Å². The van der Waals surface area contributed by atoms with E-state index in [1.807, 2.05) is 13.8 Å². The summed E-state index contributed by atoms with van der Waals surface area (Å²) in [5.41, 5.74) is 9.30. The van der Waals surface area contributed by atoms with Gasteiger partial charge >= 0.3 is 0 Å². The molecular formula is C17H19NO3. The van der Waals surface area contributed by atoms with Crippen molar-refractivity contribution < 1.29 is 14.3 Å². The Morgan fingerprint density at radius 2 is 1.62 bits per heavy atom. The average molecular weight is 285 g/mol. The number of nitrogens with two attached hydrogens (primary N) is 1. The molecule has 0 aromatic heterocycles. The number of ketones is 1. The Bertz CT molecular complexity index is 693. The highest BCUT2D eigenvalue weighted by molar-refractivity contribution is 6.11. The van der Waals surface area contributed by atoms with Crippen LogP contribution in [0.25, 0.3) is 0 Å². The highest BCUT2D eigenvalue weighted by Gasteiger charge is 2.18. The smallest absolute Gasteiger partial charge is 0.193 e. The number of carbonyl (C=O) groups excluding carboxylic acids is 1. The lowest BCUT2D eigenvalue weighted by Gasteiger charge is -2.13. The minimum atomic E-state index is -0.0711. The zero-order valence-electron chi connectivity index (χ0n) is 12.7. The SMILES string of the molecule is COc1cc(C)c(C(=O)c2cccc(N)c2C)cc1OC. The number of methoxy groups -OCH3 is 2. The molecule has 0 saturated heterocycles. The molecule has 0 aliphatic carbocycles. The molecular weight excluding hydrogens is 266 g/mol. The molecule has 4 nitrogen and oxygen atoms in total. The average Bonchev–Trinajstić information content (AvgIpc) is 2.49. The molecule has 2 rings (SSSR count). The van der Waals surface area contributed by atoms with Gasteiger partial charge in [-0.15, -0.1) is 0 Å². The van der Waals surface area contributed by atoms with Crippen LogP contribution in [-0.2, 0) is 0 Å². The first kappa shape index (κ1) is 14.9. The van der Waals surface area contributed by atoms with E-state index in [-0.39, 0.29) is 5.78 Å². The summed E-state index contributed by atoms with van der Waals surface area (Å²) in [6, 6.07) is 8.86. The maximum atomic E-state index is 12.8. The number of rotatable bonds is 4. The quantitative estimate of drug-likeness (QED) is 0.692. The minimum absolute atomic E-state index is 0.0711. The van der Waals surface area contributed by atoms with Crippen molar-refractivity contribution in [3.8, 4) is 11.5 Å². The van der Waals surface area contributed by atoms with Crippen LogP contribution >= 0.6 is 0 Å². The minimum Gasteiger partial charge on any atom is -0.493 e. The number of anilines is 1. The molecule has 0 atom stereocenters. The van der Waals surface area contributed by atoms with Crippen LogP contribution in [0, 0.1) is 13.8 Å². The molecule has 21 heavy (non-hydrogen) atoms. The molecule has 0 aliphatic rings. The van der Waals surface area contributed by atoms with Crippen molar-refractivity contribution in [2.24, 2.45) is 0 Å². The molecule has 0 fully saturated rings. The largest absolute Gasteiger partial charge is 0.493 e. The van der Waals surface area contributed by atoms with E-state index in [1.165, 1.54) is 0 Å². The lowest BCUT2D eigenvalue weighted by molar-refractivity contribution is 0.103. The second-order valence-electron chi connectivity index (χ2n) is 4.87. The molecule has 0 radical (unpaired) electrons. The van der Waals surface area contributed by atoms with Crippen LogP contribution < -0.4 is 15.2 Å². The molecule has 110 valence electrons. The number of hydrogen-bond acceptors (Lipinski definition) is 4. The summed E-state index contributed by atoms with van der Waals surface area (Å²) in [4.78, 5) is 12.8. The Kier molecular flexibility index (Phi) is 4.17. The van der Waals surface area contributed by atoms with Crippen molar-refractivity contribution in [2.45, 2.75) is 13.8 Å². The number of benzene rings is 2. The van der Waals surface area contributed by atoms with E-state index >= 15 is 0 Å². The third-order valence-electron chi connectivity index (χ3n) is 3.60. The Morgan fingerprint density at radius 1 is 1.00 bits per heavy atom. The maximum Gasteiger partial charge on any atom is 0.193 e. The number of hydrogen-bond donors (Lipinski definition) is 1. The second kappa shape index (κ2) is 5.87. The van der Waals surface area contributed by atoms with E-state index in [0.29, 0.717) is 28.3 Å². The highest BCUT2D eigenvalue weighted by Crippen LogP contribution is 2.32. The number of nitrogen functional groups attached to an aromatic ring is 1.